The van der Waals surface area contributed by atoms with Crippen LogP contribution < -0.4 is 11.1 Å². The van der Waals surface area contributed by atoms with E-state index >= 15 is 0 Å². The van der Waals surface area contributed by atoms with Gasteiger partial charge in [0, 0.05) is 12.5 Å². The molecule has 0 saturated heterocycles. The molecular formula is C15H19N3O2. The predicted octanol–water partition coefficient (Wildman–Crippen LogP) is 2.56. The van der Waals surface area contributed by atoms with Gasteiger partial charge in [-0.1, -0.05) is 35.5 Å². The van der Waals surface area contributed by atoms with Gasteiger partial charge in [-0.3, -0.25) is 0 Å². The summed E-state index contributed by atoms with van der Waals surface area (Å²) in [5, 5.41) is 15.1. The van der Waals surface area contributed by atoms with Crippen LogP contribution in [0.15, 0.2) is 52.0 Å². The lowest BCUT2D eigenvalue weighted by Gasteiger charge is -2.18. The van der Waals surface area contributed by atoms with Crippen LogP contribution in [0.5, 0.6) is 0 Å². The molecule has 0 spiro atoms. The van der Waals surface area contributed by atoms with E-state index in [-0.39, 0.29) is 11.9 Å². The molecule has 0 aliphatic carbocycles. The second-order valence-electron chi connectivity index (χ2n) is 4.65. The van der Waals surface area contributed by atoms with Crippen molar-refractivity contribution in [3.63, 3.8) is 0 Å². The lowest BCUT2D eigenvalue weighted by Crippen LogP contribution is -2.26. The van der Waals surface area contributed by atoms with Crippen molar-refractivity contribution >= 4 is 5.84 Å². The minimum absolute atomic E-state index is 0.0301. The quantitative estimate of drug-likeness (QED) is 0.327. The highest BCUT2D eigenvalue weighted by atomic mass is 16.4. The van der Waals surface area contributed by atoms with Crippen LogP contribution in [0, 0.1) is 6.92 Å². The zero-order valence-corrected chi connectivity index (χ0v) is 11.4. The largest absolute Gasteiger partial charge is 0.465 e. The molecule has 0 fully saturated rings. The normalized spacial score (nSPS) is 13.3. The van der Waals surface area contributed by atoms with Crippen molar-refractivity contribution in [2.24, 2.45) is 10.9 Å². The Morgan fingerprint density at radius 2 is 2.05 bits per heavy atom. The van der Waals surface area contributed by atoms with Crippen LogP contribution in [0.1, 0.15) is 29.5 Å². The van der Waals surface area contributed by atoms with Crippen molar-refractivity contribution < 1.29 is 9.62 Å². The van der Waals surface area contributed by atoms with Gasteiger partial charge in [0.05, 0.1) is 6.54 Å². The third kappa shape index (κ3) is 3.86. The van der Waals surface area contributed by atoms with Gasteiger partial charge in [-0.15, -0.1) is 0 Å². The second kappa shape index (κ2) is 6.77. The highest BCUT2D eigenvalue weighted by molar-refractivity contribution is 5.80. The summed E-state index contributed by atoms with van der Waals surface area (Å²) in [6.07, 6.45) is 0.431. The van der Waals surface area contributed by atoms with Crippen LogP contribution in [0.3, 0.4) is 0 Å². The monoisotopic (exact) mass is 273 g/mol. The lowest BCUT2D eigenvalue weighted by molar-refractivity contribution is 0.315. The zero-order chi connectivity index (χ0) is 14.4. The Kier molecular flexibility index (Phi) is 4.79. The first kappa shape index (κ1) is 14.1. The van der Waals surface area contributed by atoms with Gasteiger partial charge in [0.1, 0.15) is 17.4 Å². The minimum Gasteiger partial charge on any atom is -0.465 e. The van der Waals surface area contributed by atoms with Gasteiger partial charge in [0.15, 0.2) is 0 Å². The van der Waals surface area contributed by atoms with E-state index in [2.05, 4.69) is 10.5 Å². The number of nitrogens with one attached hydrogen (secondary N) is 1. The van der Waals surface area contributed by atoms with Gasteiger partial charge in [-0.05, 0) is 24.6 Å². The van der Waals surface area contributed by atoms with E-state index in [1.165, 1.54) is 0 Å². The molecule has 0 aliphatic rings. The first-order valence-corrected chi connectivity index (χ1v) is 6.49. The van der Waals surface area contributed by atoms with Gasteiger partial charge < -0.3 is 20.7 Å². The topological polar surface area (TPSA) is 83.8 Å². The van der Waals surface area contributed by atoms with Crippen molar-refractivity contribution in [2.45, 2.75) is 25.9 Å². The van der Waals surface area contributed by atoms with E-state index in [1.54, 1.807) is 0 Å². The first-order chi connectivity index (χ1) is 9.69. The Bertz CT molecular complexity index is 564. The van der Waals surface area contributed by atoms with Crippen LogP contribution in [0.2, 0.25) is 0 Å². The molecule has 1 heterocycles. The molecule has 2 rings (SSSR count). The van der Waals surface area contributed by atoms with Crippen molar-refractivity contribution in [3.8, 4) is 0 Å². The van der Waals surface area contributed by atoms with E-state index in [9.17, 15) is 0 Å². The Morgan fingerprint density at radius 3 is 2.65 bits per heavy atom. The molecule has 2 aromatic rings. The van der Waals surface area contributed by atoms with Crippen LogP contribution in [-0.4, -0.2) is 11.0 Å². The number of furan rings is 1. The number of amidine groups is 1. The van der Waals surface area contributed by atoms with Crippen LogP contribution in [-0.2, 0) is 6.54 Å². The number of aryl methyl sites for hydroxylation is 1. The summed E-state index contributed by atoms with van der Waals surface area (Å²) in [7, 11) is 0. The molecule has 0 radical (unpaired) electrons. The zero-order valence-electron chi connectivity index (χ0n) is 11.4. The molecule has 1 aromatic heterocycles. The number of hydrogen-bond donors (Lipinski definition) is 3. The summed E-state index contributed by atoms with van der Waals surface area (Å²) >= 11 is 0. The summed E-state index contributed by atoms with van der Waals surface area (Å²) in [5.41, 5.74) is 6.71. The highest BCUT2D eigenvalue weighted by Crippen LogP contribution is 2.17. The average Bonchev–Trinajstić information content (AvgIpc) is 2.89. The van der Waals surface area contributed by atoms with Gasteiger partial charge in [-0.2, -0.15) is 0 Å². The number of nitrogens with two attached hydrogens (primary N) is 1. The number of benzene rings is 1. The maximum Gasteiger partial charge on any atom is 0.141 e. The number of nitrogens with zero attached hydrogens (tertiary/aromatic N) is 1. The molecule has 0 amide bonds. The summed E-state index contributed by atoms with van der Waals surface area (Å²) < 4.78 is 5.53. The molecule has 4 N–H and O–H groups in total. The Labute approximate surface area is 118 Å². The minimum atomic E-state index is -0.0301. The van der Waals surface area contributed by atoms with Gasteiger partial charge in [0.2, 0.25) is 0 Å². The van der Waals surface area contributed by atoms with Crippen molar-refractivity contribution in [1.29, 1.82) is 0 Å². The highest BCUT2D eigenvalue weighted by Gasteiger charge is 2.13. The summed E-state index contributed by atoms with van der Waals surface area (Å²) in [6, 6.07) is 13.7. The van der Waals surface area contributed by atoms with Gasteiger partial charge in [-0.25, -0.2) is 0 Å². The molecule has 0 aliphatic heterocycles. The predicted molar refractivity (Wildman–Crippen MR) is 77.5 cm³/mol. The first-order valence-electron chi connectivity index (χ1n) is 6.49. The fraction of sp³-hybridized carbons (Fsp3) is 0.267. The average molecular weight is 273 g/mol. The molecule has 0 saturated carbocycles. The second-order valence-corrected chi connectivity index (χ2v) is 4.65. The lowest BCUT2D eigenvalue weighted by atomic mass is 10.0. The Balaban J connectivity index is 2.06. The molecule has 5 nitrogen and oxygen atoms in total. The van der Waals surface area contributed by atoms with Gasteiger partial charge >= 0.3 is 0 Å². The third-order valence-corrected chi connectivity index (χ3v) is 3.06. The molecule has 20 heavy (non-hydrogen) atoms. The van der Waals surface area contributed by atoms with Crippen LogP contribution in [0.4, 0.5) is 0 Å². The van der Waals surface area contributed by atoms with Crippen LogP contribution >= 0.6 is 0 Å². The summed E-state index contributed by atoms with van der Waals surface area (Å²) in [4.78, 5) is 0. The van der Waals surface area contributed by atoms with Crippen molar-refractivity contribution in [3.05, 3.63) is 59.5 Å². The SMILES string of the molecule is Cc1ccc(CNC(CC(N)=NO)c2ccccc2)o1. The number of rotatable bonds is 6. The van der Waals surface area contributed by atoms with Crippen LogP contribution in [0.25, 0.3) is 0 Å². The molecule has 0 bridgehead atoms. The maximum absolute atomic E-state index is 8.74. The van der Waals surface area contributed by atoms with Crippen molar-refractivity contribution in [2.75, 3.05) is 0 Å². The molecule has 5 heteroatoms. The smallest absolute Gasteiger partial charge is 0.141 e. The van der Waals surface area contributed by atoms with E-state index in [1.807, 2.05) is 49.4 Å². The fourth-order valence-corrected chi connectivity index (χ4v) is 2.05. The molecule has 1 aromatic carbocycles. The molecule has 106 valence electrons. The van der Waals surface area contributed by atoms with Crippen molar-refractivity contribution in [1.82, 2.24) is 5.32 Å². The molecular weight excluding hydrogens is 254 g/mol. The number of oxime groups is 1. The number of hydrogen-bond acceptors (Lipinski definition) is 4. The molecule has 1 atom stereocenters. The summed E-state index contributed by atoms with van der Waals surface area (Å²) in [6.45, 7) is 2.50. The van der Waals surface area contributed by atoms with Gasteiger partial charge in [0.25, 0.3) is 0 Å². The Morgan fingerprint density at radius 1 is 1.30 bits per heavy atom. The van der Waals surface area contributed by atoms with E-state index < -0.39 is 0 Å². The third-order valence-electron chi connectivity index (χ3n) is 3.06. The Hall–Kier alpha value is -2.27. The van der Waals surface area contributed by atoms with E-state index in [0.717, 1.165) is 17.1 Å². The summed E-state index contributed by atoms with van der Waals surface area (Å²) in [5.74, 6) is 1.94. The maximum atomic E-state index is 8.74. The van der Waals surface area contributed by atoms with E-state index in [0.29, 0.717) is 13.0 Å². The van der Waals surface area contributed by atoms with E-state index in [4.69, 9.17) is 15.4 Å². The standard InChI is InChI=1S/C15H19N3O2/c1-11-7-8-13(20-11)10-17-14(9-15(16)18-19)12-5-3-2-4-6-12/h2-8,14,17,19H,9-10H2,1H3,(H2,16,18). The molecule has 1 unspecified atom stereocenters. The fourth-order valence-electron chi connectivity index (χ4n) is 2.05.